The molecule has 0 saturated heterocycles. The molecule has 0 aromatic heterocycles. The number of hydrogen-bond donors (Lipinski definition) is 0. The fourth-order valence-electron chi connectivity index (χ4n) is 3.21. The minimum absolute atomic E-state index is 0. The zero-order chi connectivity index (χ0) is 17.6. The SMILES string of the molecule is CCN(CC)/C([O-])=C/C(c1ccccc1)[Si](C)(C)c1ccccc1.[Li+]. The molecule has 0 spiro atoms. The Bertz CT molecular complexity index is 654. The van der Waals surface area contributed by atoms with Gasteiger partial charge in [-0.2, -0.15) is 0 Å². The van der Waals surface area contributed by atoms with Crippen molar-refractivity contribution in [3.05, 3.63) is 78.2 Å². The van der Waals surface area contributed by atoms with E-state index in [0.29, 0.717) is 0 Å². The first kappa shape index (κ1) is 21.6. The molecule has 0 bridgehead atoms. The van der Waals surface area contributed by atoms with Crippen LogP contribution in [0.1, 0.15) is 25.0 Å². The second-order valence-corrected chi connectivity index (χ2v) is 11.3. The van der Waals surface area contributed by atoms with Gasteiger partial charge in [-0.1, -0.05) is 85.0 Å². The van der Waals surface area contributed by atoms with Crippen molar-refractivity contribution in [3.8, 4) is 0 Å². The molecule has 0 radical (unpaired) electrons. The second-order valence-electron chi connectivity index (χ2n) is 6.65. The van der Waals surface area contributed by atoms with Crippen molar-refractivity contribution in [1.82, 2.24) is 4.90 Å². The van der Waals surface area contributed by atoms with Gasteiger partial charge < -0.3 is 10.0 Å². The van der Waals surface area contributed by atoms with E-state index in [1.54, 1.807) is 0 Å². The molecule has 128 valence electrons. The summed E-state index contributed by atoms with van der Waals surface area (Å²) in [5, 5.41) is 14.1. The quantitative estimate of drug-likeness (QED) is 0.539. The predicted molar refractivity (Wildman–Crippen MR) is 104 cm³/mol. The van der Waals surface area contributed by atoms with Crippen LogP contribution in [-0.2, 0) is 0 Å². The van der Waals surface area contributed by atoms with Crippen LogP contribution in [0.25, 0.3) is 0 Å². The van der Waals surface area contributed by atoms with E-state index in [9.17, 15) is 5.11 Å². The Hall–Kier alpha value is -1.41. The number of benzene rings is 2. The Labute approximate surface area is 165 Å². The molecule has 0 aliphatic carbocycles. The third-order valence-corrected chi connectivity index (χ3v) is 8.71. The van der Waals surface area contributed by atoms with Crippen molar-refractivity contribution in [1.29, 1.82) is 0 Å². The van der Waals surface area contributed by atoms with Gasteiger partial charge in [-0.25, -0.2) is 0 Å². The molecular formula is C21H28LiNOSi. The van der Waals surface area contributed by atoms with E-state index in [1.807, 2.05) is 30.9 Å². The molecule has 0 aliphatic rings. The Balaban J connectivity index is 0.00000312. The zero-order valence-corrected chi connectivity index (χ0v) is 17.2. The van der Waals surface area contributed by atoms with Gasteiger partial charge in [-0.15, -0.1) is 0 Å². The maximum absolute atomic E-state index is 12.8. The van der Waals surface area contributed by atoms with E-state index < -0.39 is 8.07 Å². The van der Waals surface area contributed by atoms with E-state index in [4.69, 9.17) is 0 Å². The van der Waals surface area contributed by atoms with E-state index in [0.717, 1.165) is 13.1 Å². The van der Waals surface area contributed by atoms with Crippen LogP contribution in [0.4, 0.5) is 0 Å². The molecule has 2 nitrogen and oxygen atoms in total. The topological polar surface area (TPSA) is 26.3 Å². The Morgan fingerprint density at radius 1 is 0.960 bits per heavy atom. The van der Waals surface area contributed by atoms with Gasteiger partial charge in [0.15, 0.2) is 0 Å². The maximum Gasteiger partial charge on any atom is 1.00 e. The molecule has 0 aliphatic heterocycles. The van der Waals surface area contributed by atoms with Crippen molar-refractivity contribution in [2.75, 3.05) is 13.1 Å². The van der Waals surface area contributed by atoms with E-state index in [-0.39, 0.29) is 30.3 Å². The zero-order valence-electron chi connectivity index (χ0n) is 16.2. The molecule has 0 heterocycles. The Kier molecular flexibility index (Phi) is 8.58. The molecule has 25 heavy (non-hydrogen) atoms. The number of allylic oxidation sites excluding steroid dienone is 1. The molecule has 1 unspecified atom stereocenters. The Morgan fingerprint density at radius 2 is 1.44 bits per heavy atom. The molecule has 2 rings (SSSR count). The van der Waals surface area contributed by atoms with Crippen LogP contribution in [0, 0.1) is 0 Å². The van der Waals surface area contributed by atoms with E-state index in [2.05, 4.69) is 67.7 Å². The van der Waals surface area contributed by atoms with Gasteiger partial charge in [-0.05, 0) is 25.3 Å². The average molecular weight is 345 g/mol. The van der Waals surface area contributed by atoms with Gasteiger partial charge in [0.2, 0.25) is 0 Å². The van der Waals surface area contributed by atoms with Crippen molar-refractivity contribution >= 4 is 13.3 Å². The van der Waals surface area contributed by atoms with Crippen molar-refractivity contribution in [2.24, 2.45) is 0 Å². The average Bonchev–Trinajstić information content (AvgIpc) is 2.62. The van der Waals surface area contributed by atoms with E-state index in [1.165, 1.54) is 10.8 Å². The number of nitrogens with zero attached hydrogens (tertiary/aromatic N) is 1. The second kappa shape index (κ2) is 9.92. The van der Waals surface area contributed by atoms with Crippen LogP contribution in [-0.4, -0.2) is 26.1 Å². The van der Waals surface area contributed by atoms with Gasteiger partial charge in [0.25, 0.3) is 0 Å². The first-order valence-corrected chi connectivity index (χ1v) is 11.8. The maximum atomic E-state index is 12.8. The van der Waals surface area contributed by atoms with Crippen LogP contribution in [0.2, 0.25) is 13.1 Å². The van der Waals surface area contributed by atoms with Gasteiger partial charge in [-0.3, -0.25) is 0 Å². The summed E-state index contributed by atoms with van der Waals surface area (Å²) in [7, 11) is -1.89. The number of hydrogen-bond acceptors (Lipinski definition) is 2. The largest absolute Gasteiger partial charge is 1.00 e. The van der Waals surface area contributed by atoms with E-state index >= 15 is 0 Å². The fraction of sp³-hybridized carbons (Fsp3) is 0.333. The molecule has 2 aromatic rings. The standard InChI is InChI=1S/C21H29NOSi.Li/c1-5-22(6-2)21(23)17-20(18-13-9-7-10-14-18)24(3,4)19-15-11-8-12-16-19;/h7-17,20,23H,5-6H2,1-4H3;/q;+1/p-1/b21-17-;. The minimum atomic E-state index is -1.89. The monoisotopic (exact) mass is 345 g/mol. The van der Waals surface area contributed by atoms with Crippen LogP contribution >= 0.6 is 0 Å². The van der Waals surface area contributed by atoms with Crippen LogP contribution < -0.4 is 29.2 Å². The Morgan fingerprint density at radius 3 is 1.92 bits per heavy atom. The summed E-state index contributed by atoms with van der Waals surface area (Å²) in [6.45, 7) is 10.3. The summed E-state index contributed by atoms with van der Waals surface area (Å²) in [5.41, 5.74) is 1.40. The normalized spacial score (nSPS) is 13.0. The molecular weight excluding hydrogens is 317 g/mol. The van der Waals surface area contributed by atoms with Gasteiger partial charge in [0.05, 0.1) is 8.07 Å². The molecule has 4 heteroatoms. The summed E-state index contributed by atoms with van der Waals surface area (Å²) >= 11 is 0. The van der Waals surface area contributed by atoms with Gasteiger partial charge in [0.1, 0.15) is 0 Å². The molecule has 0 fully saturated rings. The van der Waals surface area contributed by atoms with Crippen LogP contribution in [0.15, 0.2) is 72.6 Å². The van der Waals surface area contributed by atoms with Gasteiger partial charge >= 0.3 is 18.9 Å². The minimum Gasteiger partial charge on any atom is -0.861 e. The molecule has 0 amide bonds. The van der Waals surface area contributed by atoms with Crippen molar-refractivity contribution < 1.29 is 24.0 Å². The van der Waals surface area contributed by atoms with Crippen LogP contribution in [0.5, 0.6) is 0 Å². The molecule has 1 atom stereocenters. The summed E-state index contributed by atoms with van der Waals surface area (Å²) in [6, 6.07) is 21.1. The first-order valence-electron chi connectivity index (χ1n) is 8.75. The van der Waals surface area contributed by atoms with Crippen molar-refractivity contribution in [3.63, 3.8) is 0 Å². The first-order chi connectivity index (χ1) is 11.5. The third kappa shape index (κ3) is 5.28. The summed E-state index contributed by atoms with van der Waals surface area (Å²) < 4.78 is 0. The summed E-state index contributed by atoms with van der Waals surface area (Å²) in [5.74, 6) is 0.144. The molecule has 0 saturated carbocycles. The van der Waals surface area contributed by atoms with Crippen molar-refractivity contribution in [2.45, 2.75) is 32.5 Å². The predicted octanol–water partition coefficient (Wildman–Crippen LogP) is 0.473. The van der Waals surface area contributed by atoms with Gasteiger partial charge in [0, 0.05) is 18.6 Å². The summed E-state index contributed by atoms with van der Waals surface area (Å²) in [4.78, 5) is 1.89. The summed E-state index contributed by atoms with van der Waals surface area (Å²) in [6.07, 6.45) is 1.96. The molecule has 0 N–H and O–H groups in total. The smallest absolute Gasteiger partial charge is 0.861 e. The third-order valence-electron chi connectivity index (χ3n) is 4.84. The van der Waals surface area contributed by atoms with Crippen LogP contribution in [0.3, 0.4) is 0 Å². The molecule has 2 aromatic carbocycles. The number of rotatable bonds is 7. The fourth-order valence-corrected chi connectivity index (χ4v) is 6.21.